The van der Waals surface area contributed by atoms with Crippen LogP contribution in [-0.4, -0.2) is 18.9 Å². The maximum Gasteiger partial charge on any atom is 0.173 e. The van der Waals surface area contributed by atoms with E-state index in [1.165, 1.54) is 12.8 Å². The fourth-order valence-electron chi connectivity index (χ4n) is 2.28. The Labute approximate surface area is 101 Å². The van der Waals surface area contributed by atoms with Crippen LogP contribution in [0.2, 0.25) is 0 Å². The van der Waals surface area contributed by atoms with Crippen molar-refractivity contribution in [2.24, 2.45) is 5.92 Å². The Morgan fingerprint density at radius 2 is 2.50 bits per heavy atom. The monoisotopic (exact) mass is 237 g/mol. The quantitative estimate of drug-likeness (QED) is 0.816. The number of nitrogens with one attached hydrogen (secondary N) is 1. The molecule has 1 aromatic rings. The van der Waals surface area contributed by atoms with E-state index in [1.54, 1.807) is 11.3 Å². The fourth-order valence-corrected chi connectivity index (χ4v) is 3.17. The molecule has 1 aliphatic rings. The van der Waals surface area contributed by atoms with E-state index in [-0.39, 0.29) is 0 Å². The van der Waals surface area contributed by atoms with Gasteiger partial charge in [-0.3, -0.25) is 4.79 Å². The summed E-state index contributed by atoms with van der Waals surface area (Å²) < 4.78 is 0. The molecule has 0 saturated carbocycles. The number of hydrogen-bond acceptors (Lipinski definition) is 3. The van der Waals surface area contributed by atoms with Crippen molar-refractivity contribution in [3.8, 4) is 0 Å². The predicted octanol–water partition coefficient (Wildman–Crippen LogP) is 3.02. The van der Waals surface area contributed by atoms with Gasteiger partial charge in [-0.05, 0) is 62.2 Å². The second-order valence-electron chi connectivity index (χ2n) is 4.61. The van der Waals surface area contributed by atoms with Gasteiger partial charge in [-0.15, -0.1) is 11.3 Å². The number of thiophene rings is 1. The summed E-state index contributed by atoms with van der Waals surface area (Å²) in [6.07, 6.45) is 4.30. The van der Waals surface area contributed by atoms with Crippen LogP contribution in [0.3, 0.4) is 0 Å². The standard InChI is InChI=1S/C13H19NOS/c1-10-6-8-16-13(10)12(15)5-4-11-3-2-7-14-9-11/h6,8,11,14H,2-5,7,9H2,1H3. The van der Waals surface area contributed by atoms with Gasteiger partial charge in [-0.25, -0.2) is 0 Å². The lowest BCUT2D eigenvalue weighted by Crippen LogP contribution is -2.29. The zero-order valence-electron chi connectivity index (χ0n) is 9.79. The van der Waals surface area contributed by atoms with Crippen LogP contribution in [0.4, 0.5) is 0 Å². The average Bonchev–Trinajstić information content (AvgIpc) is 2.74. The van der Waals surface area contributed by atoms with Crippen LogP contribution >= 0.6 is 11.3 Å². The molecule has 16 heavy (non-hydrogen) atoms. The number of rotatable bonds is 4. The summed E-state index contributed by atoms with van der Waals surface area (Å²) in [5.41, 5.74) is 1.14. The number of piperidine rings is 1. The summed E-state index contributed by atoms with van der Waals surface area (Å²) in [4.78, 5) is 12.9. The van der Waals surface area contributed by atoms with E-state index >= 15 is 0 Å². The van der Waals surface area contributed by atoms with Crippen LogP contribution in [-0.2, 0) is 0 Å². The van der Waals surface area contributed by atoms with Crippen molar-refractivity contribution >= 4 is 17.1 Å². The van der Waals surface area contributed by atoms with Gasteiger partial charge in [0.1, 0.15) is 0 Å². The van der Waals surface area contributed by atoms with Crippen molar-refractivity contribution in [3.05, 3.63) is 21.9 Å². The van der Waals surface area contributed by atoms with Crippen LogP contribution in [0.1, 0.15) is 40.9 Å². The predicted molar refractivity (Wildman–Crippen MR) is 68.2 cm³/mol. The summed E-state index contributed by atoms with van der Waals surface area (Å²) in [6.45, 7) is 4.26. The van der Waals surface area contributed by atoms with Crippen LogP contribution in [0.5, 0.6) is 0 Å². The van der Waals surface area contributed by atoms with Crippen LogP contribution in [0, 0.1) is 12.8 Å². The fraction of sp³-hybridized carbons (Fsp3) is 0.615. The van der Waals surface area contributed by atoms with E-state index in [1.807, 2.05) is 18.4 Å². The number of ketones is 1. The van der Waals surface area contributed by atoms with E-state index in [0.29, 0.717) is 18.1 Å². The van der Waals surface area contributed by atoms with E-state index in [0.717, 1.165) is 30.0 Å². The minimum atomic E-state index is 0.332. The SMILES string of the molecule is Cc1ccsc1C(=O)CCC1CCCNC1. The topological polar surface area (TPSA) is 29.1 Å². The van der Waals surface area contributed by atoms with Gasteiger partial charge in [0, 0.05) is 6.42 Å². The van der Waals surface area contributed by atoms with Gasteiger partial charge in [-0.1, -0.05) is 0 Å². The molecule has 1 aromatic heterocycles. The molecule has 0 bridgehead atoms. The number of hydrogen-bond donors (Lipinski definition) is 1. The summed E-state index contributed by atoms with van der Waals surface area (Å²) in [5.74, 6) is 1.04. The zero-order chi connectivity index (χ0) is 11.4. The van der Waals surface area contributed by atoms with Gasteiger partial charge in [0.2, 0.25) is 0 Å². The number of carbonyl (C=O) groups is 1. The Morgan fingerprint density at radius 1 is 1.62 bits per heavy atom. The molecule has 0 spiro atoms. The third kappa shape index (κ3) is 2.92. The molecule has 88 valence electrons. The first-order chi connectivity index (χ1) is 7.77. The first kappa shape index (κ1) is 11.8. The molecule has 2 heterocycles. The molecular formula is C13H19NOS. The van der Waals surface area contributed by atoms with Crippen LogP contribution in [0.15, 0.2) is 11.4 Å². The van der Waals surface area contributed by atoms with Gasteiger partial charge in [0.15, 0.2) is 5.78 Å². The van der Waals surface area contributed by atoms with Gasteiger partial charge in [-0.2, -0.15) is 0 Å². The molecule has 0 amide bonds. The summed E-state index contributed by atoms with van der Waals surface area (Å²) in [5, 5.41) is 5.40. The maximum atomic E-state index is 12.0. The Hall–Kier alpha value is -0.670. The maximum absolute atomic E-state index is 12.0. The Morgan fingerprint density at radius 3 is 3.12 bits per heavy atom. The first-order valence-electron chi connectivity index (χ1n) is 6.05. The minimum absolute atomic E-state index is 0.332. The van der Waals surface area contributed by atoms with Crippen molar-refractivity contribution in [2.75, 3.05) is 13.1 Å². The molecule has 2 rings (SSSR count). The molecule has 1 unspecified atom stereocenters. The molecule has 1 aliphatic heterocycles. The highest BCUT2D eigenvalue weighted by atomic mass is 32.1. The van der Waals surface area contributed by atoms with Crippen LogP contribution < -0.4 is 5.32 Å². The highest BCUT2D eigenvalue weighted by Crippen LogP contribution is 2.21. The smallest absolute Gasteiger partial charge is 0.173 e. The lowest BCUT2D eigenvalue weighted by atomic mass is 9.93. The lowest BCUT2D eigenvalue weighted by Gasteiger charge is -2.22. The molecule has 1 fully saturated rings. The number of Topliss-reactive ketones (excluding diaryl/α,β-unsaturated/α-hetero) is 1. The summed E-state index contributed by atoms with van der Waals surface area (Å²) >= 11 is 1.58. The number of carbonyl (C=O) groups excluding carboxylic acids is 1. The van der Waals surface area contributed by atoms with Gasteiger partial charge >= 0.3 is 0 Å². The molecule has 0 aromatic carbocycles. The van der Waals surface area contributed by atoms with Gasteiger partial charge in [0.05, 0.1) is 4.88 Å². The molecule has 0 radical (unpaired) electrons. The van der Waals surface area contributed by atoms with E-state index < -0.39 is 0 Å². The summed E-state index contributed by atoms with van der Waals surface area (Å²) in [7, 11) is 0. The molecule has 3 heteroatoms. The Kier molecular flexibility index (Phi) is 4.13. The highest BCUT2D eigenvalue weighted by molar-refractivity contribution is 7.12. The molecule has 1 saturated heterocycles. The number of aryl methyl sites for hydroxylation is 1. The van der Waals surface area contributed by atoms with Gasteiger partial charge in [0.25, 0.3) is 0 Å². The lowest BCUT2D eigenvalue weighted by molar-refractivity contribution is 0.0975. The van der Waals surface area contributed by atoms with Crippen molar-refractivity contribution in [1.82, 2.24) is 5.32 Å². The van der Waals surface area contributed by atoms with Gasteiger partial charge < -0.3 is 5.32 Å². The largest absolute Gasteiger partial charge is 0.316 e. The zero-order valence-corrected chi connectivity index (χ0v) is 10.6. The third-order valence-corrected chi connectivity index (χ3v) is 4.35. The van der Waals surface area contributed by atoms with Crippen molar-refractivity contribution in [2.45, 2.75) is 32.6 Å². The molecule has 1 N–H and O–H groups in total. The molecular weight excluding hydrogens is 218 g/mol. The molecule has 1 atom stereocenters. The first-order valence-corrected chi connectivity index (χ1v) is 6.93. The summed E-state index contributed by atoms with van der Waals surface area (Å²) in [6, 6.07) is 2.03. The Bertz CT molecular complexity index is 353. The van der Waals surface area contributed by atoms with Crippen molar-refractivity contribution in [1.29, 1.82) is 0 Å². The average molecular weight is 237 g/mol. The van der Waals surface area contributed by atoms with E-state index in [4.69, 9.17) is 0 Å². The van der Waals surface area contributed by atoms with Crippen molar-refractivity contribution in [3.63, 3.8) is 0 Å². The third-order valence-electron chi connectivity index (χ3n) is 3.29. The van der Waals surface area contributed by atoms with E-state index in [9.17, 15) is 4.79 Å². The van der Waals surface area contributed by atoms with Crippen LogP contribution in [0.25, 0.3) is 0 Å². The minimum Gasteiger partial charge on any atom is -0.316 e. The second kappa shape index (κ2) is 5.60. The molecule has 0 aliphatic carbocycles. The normalized spacial score (nSPS) is 20.9. The Balaban J connectivity index is 1.81. The second-order valence-corrected chi connectivity index (χ2v) is 5.52. The highest BCUT2D eigenvalue weighted by Gasteiger charge is 2.16. The molecule has 2 nitrogen and oxygen atoms in total. The van der Waals surface area contributed by atoms with E-state index in [2.05, 4.69) is 5.32 Å². The van der Waals surface area contributed by atoms with Crippen molar-refractivity contribution < 1.29 is 4.79 Å².